The van der Waals surface area contributed by atoms with E-state index in [4.69, 9.17) is 8.94 Å². The van der Waals surface area contributed by atoms with Gasteiger partial charge in [0, 0.05) is 33.7 Å². The lowest BCUT2D eigenvalue weighted by molar-refractivity contribution is 0.190. The zero-order valence-electron chi connectivity index (χ0n) is 13.2. The van der Waals surface area contributed by atoms with Crippen molar-refractivity contribution in [3.05, 3.63) is 18.0 Å². The van der Waals surface area contributed by atoms with Crippen LogP contribution in [0, 0.1) is 0 Å². The molecule has 0 spiro atoms. The Balaban J connectivity index is 1.85. The molecule has 0 saturated carbocycles. The number of hydrogen-bond donors (Lipinski definition) is 1. The Kier molecular flexibility index (Phi) is 4.23. The summed E-state index contributed by atoms with van der Waals surface area (Å²) in [6.07, 6.45) is 0. The first-order valence-corrected chi connectivity index (χ1v) is 8.61. The predicted molar refractivity (Wildman–Crippen MR) is 81.1 cm³/mol. The van der Waals surface area contributed by atoms with Gasteiger partial charge in [-0.3, -0.25) is 4.90 Å². The van der Waals surface area contributed by atoms with Gasteiger partial charge in [0.05, 0.1) is 6.04 Å². The standard InChI is InChI=1S/C13H19N5O4S/c1-17(2)23(19,20)11-5-4-10(21-11)13-15-12(16-22-13)9-8-14-6-7-18(9)3/h4-5,9,14H,6-8H2,1-3H3. The first-order chi connectivity index (χ1) is 10.9. The first kappa shape index (κ1) is 16.1. The molecule has 2 aromatic rings. The smallest absolute Gasteiger partial charge is 0.293 e. The lowest BCUT2D eigenvalue weighted by Gasteiger charge is -2.30. The summed E-state index contributed by atoms with van der Waals surface area (Å²) in [5, 5.41) is 7.10. The molecule has 1 saturated heterocycles. The van der Waals surface area contributed by atoms with Gasteiger partial charge in [-0.25, -0.2) is 12.7 Å². The van der Waals surface area contributed by atoms with Crippen molar-refractivity contribution in [1.29, 1.82) is 0 Å². The molecule has 1 unspecified atom stereocenters. The second-order valence-corrected chi connectivity index (χ2v) is 7.65. The van der Waals surface area contributed by atoms with Crippen LogP contribution in [0.5, 0.6) is 0 Å². The van der Waals surface area contributed by atoms with Crippen molar-refractivity contribution in [2.24, 2.45) is 0 Å². The van der Waals surface area contributed by atoms with E-state index < -0.39 is 10.0 Å². The van der Waals surface area contributed by atoms with Gasteiger partial charge in [0.25, 0.3) is 15.9 Å². The first-order valence-electron chi connectivity index (χ1n) is 7.17. The maximum Gasteiger partial charge on any atom is 0.293 e. The van der Waals surface area contributed by atoms with E-state index in [1.807, 2.05) is 7.05 Å². The van der Waals surface area contributed by atoms with Gasteiger partial charge in [0.2, 0.25) is 5.09 Å². The highest BCUT2D eigenvalue weighted by atomic mass is 32.2. The van der Waals surface area contributed by atoms with Crippen molar-refractivity contribution in [2.45, 2.75) is 11.1 Å². The molecule has 1 aliphatic heterocycles. The molecule has 3 heterocycles. The summed E-state index contributed by atoms with van der Waals surface area (Å²) in [6, 6.07) is 2.90. The van der Waals surface area contributed by atoms with E-state index in [0.717, 1.165) is 23.9 Å². The van der Waals surface area contributed by atoms with Crippen molar-refractivity contribution in [3.8, 4) is 11.7 Å². The number of sulfonamides is 1. The van der Waals surface area contributed by atoms with Crippen LogP contribution in [-0.4, -0.2) is 68.5 Å². The Morgan fingerprint density at radius 3 is 2.87 bits per heavy atom. The lowest BCUT2D eigenvalue weighted by Crippen LogP contribution is -2.44. The van der Waals surface area contributed by atoms with E-state index in [0.29, 0.717) is 5.82 Å². The molecule has 2 aromatic heterocycles. The third-order valence-electron chi connectivity index (χ3n) is 3.78. The number of nitrogens with one attached hydrogen (secondary N) is 1. The Hall–Kier alpha value is -1.75. The third-order valence-corrected chi connectivity index (χ3v) is 5.47. The van der Waals surface area contributed by atoms with Crippen LogP contribution < -0.4 is 5.32 Å². The highest BCUT2D eigenvalue weighted by molar-refractivity contribution is 7.88. The van der Waals surface area contributed by atoms with Crippen LogP contribution >= 0.6 is 0 Å². The Bertz CT molecular complexity index is 782. The van der Waals surface area contributed by atoms with Crippen molar-refractivity contribution in [1.82, 2.24) is 24.7 Å². The minimum atomic E-state index is -3.63. The predicted octanol–water partition coefficient (Wildman–Crippen LogP) is 0.156. The summed E-state index contributed by atoms with van der Waals surface area (Å²) in [4.78, 5) is 6.47. The van der Waals surface area contributed by atoms with Crippen molar-refractivity contribution < 1.29 is 17.4 Å². The third kappa shape index (κ3) is 3.02. The Morgan fingerprint density at radius 1 is 1.39 bits per heavy atom. The second-order valence-electron chi connectivity index (χ2n) is 5.56. The molecule has 1 atom stereocenters. The summed E-state index contributed by atoms with van der Waals surface area (Å²) in [5.41, 5.74) is 0. The summed E-state index contributed by atoms with van der Waals surface area (Å²) in [7, 11) is 1.25. The molecule has 0 amide bonds. The number of nitrogens with zero attached hydrogens (tertiary/aromatic N) is 4. The number of rotatable bonds is 4. The van der Waals surface area contributed by atoms with Crippen LogP contribution in [0.1, 0.15) is 11.9 Å². The average Bonchev–Trinajstić information content (AvgIpc) is 3.17. The molecule has 126 valence electrons. The normalized spacial score (nSPS) is 20.3. The highest BCUT2D eigenvalue weighted by Gasteiger charge is 2.27. The topological polar surface area (TPSA) is 105 Å². The molecule has 3 rings (SSSR count). The van der Waals surface area contributed by atoms with Crippen molar-refractivity contribution in [2.75, 3.05) is 40.8 Å². The fourth-order valence-electron chi connectivity index (χ4n) is 2.32. The highest BCUT2D eigenvalue weighted by Crippen LogP contribution is 2.26. The molecule has 0 aromatic carbocycles. The molecule has 0 aliphatic carbocycles. The minimum Gasteiger partial charge on any atom is -0.438 e. The number of hydrogen-bond acceptors (Lipinski definition) is 8. The fourth-order valence-corrected chi connectivity index (χ4v) is 3.11. The quantitative estimate of drug-likeness (QED) is 0.838. The summed E-state index contributed by atoms with van der Waals surface area (Å²) >= 11 is 0. The largest absolute Gasteiger partial charge is 0.438 e. The van der Waals surface area contributed by atoms with Gasteiger partial charge in [-0.15, -0.1) is 0 Å². The van der Waals surface area contributed by atoms with Crippen LogP contribution in [-0.2, 0) is 10.0 Å². The van der Waals surface area contributed by atoms with E-state index in [9.17, 15) is 8.42 Å². The van der Waals surface area contributed by atoms with Crippen LogP contribution in [0.15, 0.2) is 26.2 Å². The average molecular weight is 341 g/mol. The molecule has 0 radical (unpaired) electrons. The molecular formula is C13H19N5O4S. The van der Waals surface area contributed by atoms with E-state index in [2.05, 4.69) is 20.4 Å². The molecule has 0 bridgehead atoms. The maximum atomic E-state index is 12.0. The number of piperazine rings is 1. The van der Waals surface area contributed by atoms with Gasteiger partial charge in [0.1, 0.15) is 0 Å². The van der Waals surface area contributed by atoms with Gasteiger partial charge in [-0.2, -0.15) is 4.98 Å². The Labute approximate surface area is 134 Å². The van der Waals surface area contributed by atoms with Gasteiger partial charge in [-0.05, 0) is 19.2 Å². The second kappa shape index (κ2) is 6.04. The zero-order valence-corrected chi connectivity index (χ0v) is 14.0. The molecule has 9 nitrogen and oxygen atoms in total. The van der Waals surface area contributed by atoms with Crippen LogP contribution in [0.3, 0.4) is 0 Å². The molecule has 1 aliphatic rings. The van der Waals surface area contributed by atoms with Gasteiger partial charge >= 0.3 is 0 Å². The molecule has 10 heteroatoms. The number of likely N-dealkylation sites (N-methyl/N-ethyl adjacent to an activating group) is 1. The van der Waals surface area contributed by atoms with Crippen LogP contribution in [0.4, 0.5) is 0 Å². The van der Waals surface area contributed by atoms with Crippen molar-refractivity contribution in [3.63, 3.8) is 0 Å². The molecular weight excluding hydrogens is 322 g/mol. The van der Waals surface area contributed by atoms with E-state index in [-0.39, 0.29) is 22.8 Å². The maximum absolute atomic E-state index is 12.0. The van der Waals surface area contributed by atoms with Gasteiger partial charge in [-0.1, -0.05) is 5.16 Å². The van der Waals surface area contributed by atoms with Crippen LogP contribution in [0.25, 0.3) is 11.7 Å². The lowest BCUT2D eigenvalue weighted by atomic mass is 10.2. The van der Waals surface area contributed by atoms with Gasteiger partial charge in [0.15, 0.2) is 11.6 Å². The summed E-state index contributed by atoms with van der Waals surface area (Å²) in [5.74, 6) is 0.942. The number of furan rings is 1. The SMILES string of the molecule is CN1CCNCC1c1noc(-c2ccc(S(=O)(=O)N(C)C)o2)n1. The molecule has 1 fully saturated rings. The summed E-state index contributed by atoms with van der Waals surface area (Å²) < 4.78 is 35.7. The molecule has 23 heavy (non-hydrogen) atoms. The van der Waals surface area contributed by atoms with E-state index in [1.54, 1.807) is 0 Å². The van der Waals surface area contributed by atoms with Crippen molar-refractivity contribution >= 4 is 10.0 Å². The van der Waals surface area contributed by atoms with E-state index in [1.165, 1.54) is 26.2 Å². The monoisotopic (exact) mass is 341 g/mol. The minimum absolute atomic E-state index is 0.0150. The molecule has 1 N–H and O–H groups in total. The fraction of sp³-hybridized carbons (Fsp3) is 0.538. The Morgan fingerprint density at radius 2 is 2.17 bits per heavy atom. The summed E-state index contributed by atoms with van der Waals surface area (Å²) in [6.45, 7) is 2.54. The zero-order chi connectivity index (χ0) is 16.6. The van der Waals surface area contributed by atoms with Crippen LogP contribution in [0.2, 0.25) is 0 Å². The number of aromatic nitrogens is 2. The van der Waals surface area contributed by atoms with Gasteiger partial charge < -0.3 is 14.3 Å². The van der Waals surface area contributed by atoms with E-state index >= 15 is 0 Å².